The van der Waals surface area contributed by atoms with Gasteiger partial charge < -0.3 is 0 Å². The number of hydrogen-bond donors (Lipinski definition) is 2. The summed E-state index contributed by atoms with van der Waals surface area (Å²) < 4.78 is 63.6. The molecule has 260 valence electrons. The molecule has 0 unspecified atom stereocenters. The zero-order valence-electron chi connectivity index (χ0n) is 27.9. The summed E-state index contributed by atoms with van der Waals surface area (Å²) in [5, 5.41) is 0. The van der Waals surface area contributed by atoms with Gasteiger partial charge in [-0.1, -0.05) is 166 Å². The fourth-order valence-electron chi connectivity index (χ4n) is 5.53. The van der Waals surface area contributed by atoms with Crippen molar-refractivity contribution < 1.29 is 43.0 Å². The van der Waals surface area contributed by atoms with E-state index in [4.69, 9.17) is 0 Å². The summed E-state index contributed by atoms with van der Waals surface area (Å²) in [6.45, 7) is 4.47. The molecule has 0 saturated carbocycles. The van der Waals surface area contributed by atoms with Crippen molar-refractivity contribution in [3.8, 4) is 0 Å². The summed E-state index contributed by atoms with van der Waals surface area (Å²) in [7, 11) is -8.19. The molecule has 2 N–H and O–H groups in total. The van der Waals surface area contributed by atoms with Crippen LogP contribution in [-0.2, 0) is 50.1 Å². The van der Waals surface area contributed by atoms with Crippen LogP contribution in [0, 0.1) is 0 Å². The quantitative estimate of drug-likeness (QED) is 0.0638. The van der Waals surface area contributed by atoms with Crippen LogP contribution >= 0.6 is 0 Å². The van der Waals surface area contributed by atoms with Gasteiger partial charge in [-0.15, -0.1) is 0 Å². The predicted molar refractivity (Wildman–Crippen MR) is 184 cm³/mol. The largest absolute Gasteiger partial charge is 0.294 e. The van der Waals surface area contributed by atoms with Crippen molar-refractivity contribution in [2.24, 2.45) is 0 Å². The molecule has 0 fully saturated rings. The van der Waals surface area contributed by atoms with Crippen LogP contribution in [-0.4, -0.2) is 25.9 Å². The molecule has 0 saturated heterocycles. The number of rotatable bonds is 24. The molecule has 2 aromatic carbocycles. The molecule has 9 heteroatoms. The van der Waals surface area contributed by atoms with Crippen LogP contribution in [0.25, 0.3) is 0 Å². The minimum atomic E-state index is -4.10. The Hall–Kier alpha value is -1.22. The van der Waals surface area contributed by atoms with Crippen LogP contribution in [0.4, 0.5) is 0 Å². The molecule has 45 heavy (non-hydrogen) atoms. The van der Waals surface area contributed by atoms with E-state index in [2.05, 4.69) is 13.8 Å². The van der Waals surface area contributed by atoms with Crippen LogP contribution in [0.15, 0.2) is 58.3 Å². The number of benzene rings is 2. The molecule has 0 aliphatic rings. The maximum Gasteiger partial charge on any atom is 0.294 e. The Labute approximate surface area is 286 Å². The maximum atomic E-state index is 11.3. The van der Waals surface area contributed by atoms with Gasteiger partial charge in [-0.25, -0.2) is 0 Å². The van der Waals surface area contributed by atoms with Crippen LogP contribution in [0.1, 0.15) is 153 Å². The van der Waals surface area contributed by atoms with Gasteiger partial charge in [0.1, 0.15) is 0 Å². The number of hydrogen-bond acceptors (Lipinski definition) is 4. The first-order chi connectivity index (χ1) is 21.1. The first-order valence-electron chi connectivity index (χ1n) is 17.2. The summed E-state index contributed by atoms with van der Waals surface area (Å²) >= 11 is 0. The Morgan fingerprint density at radius 2 is 0.667 bits per heavy atom. The summed E-state index contributed by atoms with van der Waals surface area (Å²) in [4.78, 5) is 0.122. The van der Waals surface area contributed by atoms with Crippen molar-refractivity contribution in [2.45, 2.75) is 165 Å². The molecular weight excluding hydrogens is 648 g/mol. The molecule has 2 rings (SSSR count). The van der Waals surface area contributed by atoms with Gasteiger partial charge in [-0.2, -0.15) is 16.8 Å². The number of unbranched alkanes of at least 4 members (excludes halogenated alkanes) is 18. The van der Waals surface area contributed by atoms with Gasteiger partial charge in [0.15, 0.2) is 0 Å². The van der Waals surface area contributed by atoms with Crippen molar-refractivity contribution in [3.63, 3.8) is 0 Å². The van der Waals surface area contributed by atoms with E-state index in [0.717, 1.165) is 36.8 Å². The molecule has 0 aromatic heterocycles. The molecule has 0 aliphatic carbocycles. The van der Waals surface area contributed by atoms with Gasteiger partial charge in [-0.05, 0) is 48.9 Å². The second-order valence-corrected chi connectivity index (χ2v) is 14.8. The van der Waals surface area contributed by atoms with Crippen molar-refractivity contribution in [1.29, 1.82) is 0 Å². The summed E-state index contributed by atoms with van der Waals surface area (Å²) in [6, 6.07) is 13.5. The predicted octanol–water partition coefficient (Wildman–Crippen LogP) is 10.8. The van der Waals surface area contributed by atoms with Crippen LogP contribution in [0.2, 0.25) is 0 Å². The van der Waals surface area contributed by atoms with Crippen molar-refractivity contribution in [3.05, 3.63) is 59.7 Å². The monoisotopic (exact) mass is 708 g/mol. The third kappa shape index (κ3) is 22.1. The zero-order chi connectivity index (χ0) is 32.5. The summed E-state index contributed by atoms with van der Waals surface area (Å²) in [5.41, 5.74) is 1.45. The Bertz CT molecular complexity index is 1120. The Kier molecular flexibility index (Phi) is 26.1. The van der Waals surface area contributed by atoms with Gasteiger partial charge in [0.25, 0.3) is 20.2 Å². The molecule has 0 spiro atoms. The van der Waals surface area contributed by atoms with E-state index in [1.54, 1.807) is 24.3 Å². The van der Waals surface area contributed by atoms with Gasteiger partial charge >= 0.3 is 0 Å². The minimum Gasteiger partial charge on any atom is -0.282 e. The standard InChI is InChI=1S/2C18H30O3S.Fe/c2*1-2-3-4-5-6-7-8-9-10-11-14-17-15-12-13-16-18(17)22(19,20)21;/h2*12-13,15-16H,2-11,14H2,1H3,(H,19,20,21);. The Morgan fingerprint density at radius 3 is 0.933 bits per heavy atom. The van der Waals surface area contributed by atoms with E-state index >= 15 is 0 Å². The Morgan fingerprint density at radius 1 is 0.422 bits per heavy atom. The van der Waals surface area contributed by atoms with Gasteiger partial charge in [0, 0.05) is 17.1 Å². The number of aryl methyl sites for hydroxylation is 2. The smallest absolute Gasteiger partial charge is 0.282 e. The third-order valence-corrected chi connectivity index (χ3v) is 10.0. The average molecular weight is 709 g/mol. The molecule has 0 atom stereocenters. The van der Waals surface area contributed by atoms with Gasteiger partial charge in [-0.3, -0.25) is 9.11 Å². The molecule has 0 amide bonds. The minimum absolute atomic E-state index is 0. The Balaban J connectivity index is 0.000000842. The molecule has 2 aromatic rings. The molecule has 6 nitrogen and oxygen atoms in total. The van der Waals surface area contributed by atoms with Crippen molar-refractivity contribution >= 4 is 20.2 Å². The molecule has 0 radical (unpaired) electrons. The topological polar surface area (TPSA) is 109 Å². The second kappa shape index (κ2) is 26.8. The van der Waals surface area contributed by atoms with Crippen LogP contribution < -0.4 is 0 Å². The first-order valence-corrected chi connectivity index (χ1v) is 20.1. The fraction of sp³-hybridized carbons (Fsp3) is 0.667. The molecular formula is C36H60FeO6S2. The van der Waals surface area contributed by atoms with E-state index < -0.39 is 20.2 Å². The summed E-state index contributed by atoms with van der Waals surface area (Å²) in [6.07, 6.45) is 26.6. The van der Waals surface area contributed by atoms with Crippen LogP contribution in [0.5, 0.6) is 0 Å². The third-order valence-electron chi connectivity index (χ3n) is 8.10. The van der Waals surface area contributed by atoms with E-state index in [-0.39, 0.29) is 26.9 Å². The van der Waals surface area contributed by atoms with Gasteiger partial charge in [0.05, 0.1) is 9.79 Å². The fourth-order valence-corrected chi connectivity index (χ4v) is 7.03. The molecule has 0 aliphatic heterocycles. The average Bonchev–Trinajstić information content (AvgIpc) is 2.99. The van der Waals surface area contributed by atoms with E-state index in [0.29, 0.717) is 12.8 Å². The van der Waals surface area contributed by atoms with E-state index in [1.165, 1.54) is 115 Å². The summed E-state index contributed by atoms with van der Waals surface area (Å²) in [5.74, 6) is 0. The molecule has 0 bridgehead atoms. The SMILES string of the molecule is CCCCCCCCCCCCc1ccccc1S(=O)(=O)O.CCCCCCCCCCCCc1ccccc1S(=O)(=O)O.[Fe]. The van der Waals surface area contributed by atoms with Crippen molar-refractivity contribution in [1.82, 2.24) is 0 Å². The van der Waals surface area contributed by atoms with Crippen molar-refractivity contribution in [2.75, 3.05) is 0 Å². The zero-order valence-corrected chi connectivity index (χ0v) is 30.6. The molecule has 0 heterocycles. The second-order valence-electron chi connectivity index (χ2n) is 12.0. The normalized spacial score (nSPS) is 11.5. The van der Waals surface area contributed by atoms with E-state index in [9.17, 15) is 25.9 Å². The first kappa shape index (κ1) is 43.8. The van der Waals surface area contributed by atoms with Crippen LogP contribution in [0.3, 0.4) is 0 Å². The van der Waals surface area contributed by atoms with E-state index in [1.807, 2.05) is 12.1 Å². The maximum absolute atomic E-state index is 11.3. The van der Waals surface area contributed by atoms with Gasteiger partial charge in [0.2, 0.25) is 0 Å².